The maximum absolute atomic E-state index is 12.4. The van der Waals surface area contributed by atoms with Gasteiger partial charge in [-0.15, -0.1) is 10.1 Å². The summed E-state index contributed by atoms with van der Waals surface area (Å²) in [6.07, 6.45) is 7.35. The fraction of sp³-hybridized carbons (Fsp3) is 0.472. The molecule has 1 fully saturated rings. The van der Waals surface area contributed by atoms with Gasteiger partial charge < -0.3 is 44.4 Å². The van der Waals surface area contributed by atoms with Crippen LogP contribution >= 0.6 is 11.6 Å². The zero-order valence-electron chi connectivity index (χ0n) is 28.8. The van der Waals surface area contributed by atoms with Crippen molar-refractivity contribution < 1.29 is 58.6 Å². The van der Waals surface area contributed by atoms with Crippen LogP contribution in [-0.4, -0.2) is 90.0 Å². The second-order valence-electron chi connectivity index (χ2n) is 11.9. The predicted molar refractivity (Wildman–Crippen MR) is 187 cm³/mol. The highest BCUT2D eigenvalue weighted by Gasteiger charge is 2.39. The van der Waals surface area contributed by atoms with Crippen LogP contribution < -0.4 is 19.5 Å². The summed E-state index contributed by atoms with van der Waals surface area (Å²) in [7, 11) is 1.33. The normalized spacial score (nSPS) is 18.9. The van der Waals surface area contributed by atoms with E-state index in [0.29, 0.717) is 42.9 Å². The van der Waals surface area contributed by atoms with Gasteiger partial charge >= 0.3 is 11.9 Å². The molecule has 0 radical (unpaired) electrons. The maximum atomic E-state index is 12.4. The molecule has 0 aliphatic heterocycles. The molecule has 4 N–H and O–H groups in total. The third kappa shape index (κ3) is 14.9. The van der Waals surface area contributed by atoms with Crippen LogP contribution in [0.2, 0.25) is 5.02 Å². The second kappa shape index (κ2) is 22.3. The second-order valence-corrected chi connectivity index (χ2v) is 12.4. The van der Waals surface area contributed by atoms with E-state index in [9.17, 15) is 39.8 Å². The maximum Gasteiger partial charge on any atom is 0.338 e. The molecule has 2 aromatic carbocycles. The molecule has 0 spiro atoms. The average Bonchev–Trinajstić information content (AvgIpc) is 3.39. The Bertz CT molecular complexity index is 1540. The molecular formula is C36H45ClN2O13. The zero-order valence-corrected chi connectivity index (χ0v) is 29.5. The molecule has 0 aromatic heterocycles. The molecule has 3 rings (SSSR count). The van der Waals surface area contributed by atoms with Crippen LogP contribution in [0.15, 0.2) is 66.8 Å². The van der Waals surface area contributed by atoms with Gasteiger partial charge in [0.2, 0.25) is 5.91 Å². The van der Waals surface area contributed by atoms with Crippen molar-refractivity contribution in [1.29, 1.82) is 0 Å². The van der Waals surface area contributed by atoms with Gasteiger partial charge in [-0.05, 0) is 74.4 Å². The fourth-order valence-corrected chi connectivity index (χ4v) is 5.58. The smallest absolute Gasteiger partial charge is 0.338 e. The van der Waals surface area contributed by atoms with Crippen molar-refractivity contribution in [2.24, 2.45) is 11.8 Å². The van der Waals surface area contributed by atoms with E-state index in [1.54, 1.807) is 36.4 Å². The van der Waals surface area contributed by atoms with E-state index in [1.165, 1.54) is 25.3 Å². The Morgan fingerprint density at radius 2 is 1.85 bits per heavy atom. The lowest BCUT2D eigenvalue weighted by molar-refractivity contribution is -0.757. The number of rotatable bonds is 22. The van der Waals surface area contributed by atoms with Crippen molar-refractivity contribution in [1.82, 2.24) is 5.32 Å². The van der Waals surface area contributed by atoms with Crippen molar-refractivity contribution >= 4 is 29.4 Å². The van der Waals surface area contributed by atoms with Crippen molar-refractivity contribution in [2.75, 3.05) is 33.5 Å². The molecule has 1 aliphatic rings. The number of aliphatic hydroxyl groups excluding tert-OH is 3. The Morgan fingerprint density at radius 3 is 2.60 bits per heavy atom. The highest BCUT2D eigenvalue weighted by molar-refractivity contribution is 6.30. The van der Waals surface area contributed by atoms with Gasteiger partial charge in [0.25, 0.3) is 5.09 Å². The van der Waals surface area contributed by atoms with Crippen LogP contribution in [0.3, 0.4) is 0 Å². The van der Waals surface area contributed by atoms with Gasteiger partial charge in [-0.25, -0.2) is 9.59 Å². The summed E-state index contributed by atoms with van der Waals surface area (Å²) in [6.45, 7) is -0.461. The van der Waals surface area contributed by atoms with E-state index in [0.717, 1.165) is 0 Å². The Labute approximate surface area is 306 Å². The first-order valence-corrected chi connectivity index (χ1v) is 17.2. The van der Waals surface area contributed by atoms with Gasteiger partial charge in [0.05, 0.1) is 38.1 Å². The van der Waals surface area contributed by atoms with Crippen LogP contribution in [0.25, 0.3) is 0 Å². The Morgan fingerprint density at radius 1 is 1.06 bits per heavy atom. The minimum Gasteiger partial charge on any atom is -0.493 e. The molecule has 15 nitrogen and oxygen atoms in total. The third-order valence-corrected chi connectivity index (χ3v) is 8.29. The minimum atomic E-state index is -0.919. The molecule has 0 saturated heterocycles. The SMILES string of the molecule is COc1cc(C(=O)OCCCCO[N+](=O)[O-])ccc1OC(=O)CNC(=O)CCC/C=C\C[C@@H]1[C@@H](/C=C/[C@@H](O)COc2cccc(Cl)c2)[C@H](O)C[C@@H]1O. The number of aliphatic hydroxyl groups is 3. The van der Waals surface area contributed by atoms with Crippen LogP contribution in [-0.2, 0) is 19.2 Å². The molecular weight excluding hydrogens is 704 g/mol. The number of halogens is 1. The number of hydrogen-bond donors (Lipinski definition) is 4. The molecule has 1 aliphatic carbocycles. The molecule has 1 amide bonds. The fourth-order valence-electron chi connectivity index (χ4n) is 5.40. The summed E-state index contributed by atoms with van der Waals surface area (Å²) >= 11 is 5.95. The molecule has 16 heteroatoms. The van der Waals surface area contributed by atoms with Crippen LogP contribution in [0.5, 0.6) is 17.2 Å². The molecule has 0 unspecified atom stereocenters. The number of benzene rings is 2. The lowest BCUT2D eigenvalue weighted by Gasteiger charge is -2.19. The van der Waals surface area contributed by atoms with Gasteiger partial charge in [0, 0.05) is 23.8 Å². The van der Waals surface area contributed by atoms with Crippen LogP contribution in [0, 0.1) is 22.0 Å². The highest BCUT2D eigenvalue weighted by Crippen LogP contribution is 2.36. The number of carbonyl (C=O) groups is 3. The van der Waals surface area contributed by atoms with Crippen molar-refractivity contribution in [2.45, 2.75) is 63.3 Å². The number of allylic oxidation sites excluding steroid dienone is 2. The highest BCUT2D eigenvalue weighted by atomic mass is 35.5. The monoisotopic (exact) mass is 748 g/mol. The quantitative estimate of drug-likeness (QED) is 0.0335. The largest absolute Gasteiger partial charge is 0.493 e. The number of nitrogens with zero attached hydrogens (tertiary/aromatic N) is 1. The summed E-state index contributed by atoms with van der Waals surface area (Å²) in [6, 6.07) is 10.9. The van der Waals surface area contributed by atoms with Crippen LogP contribution in [0.1, 0.15) is 55.3 Å². The van der Waals surface area contributed by atoms with Crippen molar-refractivity contribution in [3.05, 3.63) is 87.5 Å². The summed E-state index contributed by atoms with van der Waals surface area (Å²) in [5.74, 6) is -1.69. The number of amides is 1. The van der Waals surface area contributed by atoms with E-state index < -0.39 is 35.3 Å². The summed E-state index contributed by atoms with van der Waals surface area (Å²) in [5, 5.41) is 43.6. The number of esters is 2. The standard InChI is InChI=1S/C36H45ClN2O13/c1-48-33-19-24(36(45)49-17-6-7-18-51-39(46)47)13-16-32(33)52-35(44)22-38-34(43)12-5-3-2-4-11-28-29(31(42)21-30(28)41)15-14-26(40)23-50-27-10-8-9-25(37)20-27/h2,4,8-10,13-16,19-20,26,28-31,40-42H,3,5-7,11-12,17-18,21-23H2,1H3,(H,38,43)/b4-2-,15-14+/t26-,28-,29-,30+,31-/m1/s1. The summed E-state index contributed by atoms with van der Waals surface area (Å²) in [5.41, 5.74) is 0.140. The number of nitrogens with one attached hydrogen (secondary N) is 1. The van der Waals surface area contributed by atoms with Gasteiger partial charge in [-0.1, -0.05) is 42.0 Å². The zero-order chi connectivity index (χ0) is 37.9. The lowest BCUT2D eigenvalue weighted by Crippen LogP contribution is -2.31. The first-order valence-electron chi connectivity index (χ1n) is 16.8. The van der Waals surface area contributed by atoms with Gasteiger partial charge in [-0.2, -0.15) is 0 Å². The molecule has 5 atom stereocenters. The number of methoxy groups -OCH3 is 1. The molecule has 284 valence electrons. The number of unbranched alkanes of at least 4 members (excludes halogenated alkanes) is 2. The average molecular weight is 749 g/mol. The topological polar surface area (TPSA) is 213 Å². The molecule has 52 heavy (non-hydrogen) atoms. The van der Waals surface area contributed by atoms with E-state index in [4.69, 9.17) is 30.5 Å². The molecule has 0 bridgehead atoms. The Balaban J connectivity index is 1.33. The van der Waals surface area contributed by atoms with Crippen molar-refractivity contribution in [3.8, 4) is 17.2 Å². The molecule has 0 heterocycles. The lowest BCUT2D eigenvalue weighted by atomic mass is 9.89. The first kappa shape index (κ1) is 41.7. The summed E-state index contributed by atoms with van der Waals surface area (Å²) in [4.78, 5) is 51.3. The van der Waals surface area contributed by atoms with Crippen LogP contribution in [0.4, 0.5) is 0 Å². The number of hydrogen-bond acceptors (Lipinski definition) is 13. The molecule has 1 saturated carbocycles. The first-order chi connectivity index (χ1) is 25.0. The van der Waals surface area contributed by atoms with E-state index >= 15 is 0 Å². The summed E-state index contributed by atoms with van der Waals surface area (Å²) < 4.78 is 21.2. The minimum absolute atomic E-state index is 0.00193. The van der Waals surface area contributed by atoms with Gasteiger partial charge in [-0.3, -0.25) is 4.79 Å². The van der Waals surface area contributed by atoms with Gasteiger partial charge in [0.1, 0.15) is 25.0 Å². The van der Waals surface area contributed by atoms with E-state index in [1.807, 2.05) is 12.2 Å². The van der Waals surface area contributed by atoms with E-state index in [-0.39, 0.29) is 74.0 Å². The number of carbonyl (C=O) groups excluding carboxylic acids is 3. The Kier molecular flexibility index (Phi) is 17.9. The third-order valence-electron chi connectivity index (χ3n) is 8.06. The van der Waals surface area contributed by atoms with E-state index in [2.05, 4.69) is 10.2 Å². The molecule has 2 aromatic rings. The predicted octanol–water partition coefficient (Wildman–Crippen LogP) is 3.99. The number of ether oxygens (including phenoxy) is 4. The van der Waals surface area contributed by atoms with Crippen molar-refractivity contribution in [3.63, 3.8) is 0 Å². The Hall–Kier alpha value is -4.70. The van der Waals surface area contributed by atoms with Gasteiger partial charge in [0.15, 0.2) is 11.5 Å².